The van der Waals surface area contributed by atoms with Gasteiger partial charge in [0, 0.05) is 0 Å². The van der Waals surface area contributed by atoms with Crippen LogP contribution in [-0.2, 0) is 0 Å². The maximum Gasteiger partial charge on any atom is -0.0209 e. The van der Waals surface area contributed by atoms with Crippen LogP contribution in [0, 0.1) is 0 Å². The fourth-order valence-electron chi connectivity index (χ4n) is 3.49. The fraction of sp³-hybridized carbons (Fsp3) is 1.00. The molecule has 0 aliphatic rings. The van der Waals surface area contributed by atoms with Crippen molar-refractivity contribution in [3.8, 4) is 0 Å². The van der Waals surface area contributed by atoms with Crippen molar-refractivity contribution in [2.24, 2.45) is 0 Å². The second kappa shape index (κ2) is 17.8. The van der Waals surface area contributed by atoms with Crippen LogP contribution in [0.15, 0.2) is 0 Å². The SMILES string of the molecule is CCCCCCCP(CCCCCCC)C(CCC)CCC. The minimum Gasteiger partial charge on any atom is -0.104 e. The summed E-state index contributed by atoms with van der Waals surface area (Å²) < 4.78 is 0. The summed E-state index contributed by atoms with van der Waals surface area (Å²) in [4.78, 5) is 0. The lowest BCUT2D eigenvalue weighted by atomic mass is 10.1. The first kappa shape index (κ1) is 22.4. The van der Waals surface area contributed by atoms with Crippen LogP contribution in [0.3, 0.4) is 0 Å². The molecular formula is C21H45P. The maximum atomic E-state index is 2.39. The zero-order valence-corrected chi connectivity index (χ0v) is 17.2. The monoisotopic (exact) mass is 328 g/mol. The molecule has 134 valence electrons. The first-order chi connectivity index (χ1) is 10.8. The van der Waals surface area contributed by atoms with Crippen LogP contribution in [0.25, 0.3) is 0 Å². The molecular weight excluding hydrogens is 283 g/mol. The van der Waals surface area contributed by atoms with E-state index in [1.807, 2.05) is 0 Å². The molecule has 0 aromatic carbocycles. The van der Waals surface area contributed by atoms with Gasteiger partial charge in [-0.1, -0.05) is 91.9 Å². The predicted molar refractivity (Wildman–Crippen MR) is 108 cm³/mol. The number of rotatable bonds is 17. The molecule has 0 aliphatic carbocycles. The van der Waals surface area contributed by atoms with Crippen molar-refractivity contribution in [2.75, 3.05) is 12.3 Å². The first-order valence-corrected chi connectivity index (χ1v) is 12.3. The van der Waals surface area contributed by atoms with E-state index in [4.69, 9.17) is 0 Å². The molecule has 0 unspecified atom stereocenters. The van der Waals surface area contributed by atoms with Crippen LogP contribution in [0.5, 0.6) is 0 Å². The first-order valence-electron chi connectivity index (χ1n) is 10.5. The number of hydrogen-bond donors (Lipinski definition) is 0. The molecule has 0 saturated carbocycles. The van der Waals surface area contributed by atoms with Gasteiger partial charge in [-0.3, -0.25) is 0 Å². The van der Waals surface area contributed by atoms with E-state index in [1.54, 1.807) is 12.3 Å². The molecule has 0 bridgehead atoms. The normalized spacial score (nSPS) is 11.7. The van der Waals surface area contributed by atoms with Gasteiger partial charge in [-0.05, 0) is 43.7 Å². The van der Waals surface area contributed by atoms with Crippen molar-refractivity contribution < 1.29 is 0 Å². The molecule has 0 aliphatic heterocycles. The van der Waals surface area contributed by atoms with Gasteiger partial charge in [0.15, 0.2) is 0 Å². The Morgan fingerprint density at radius 1 is 0.500 bits per heavy atom. The fourth-order valence-corrected chi connectivity index (χ4v) is 6.95. The average molecular weight is 329 g/mol. The van der Waals surface area contributed by atoms with Crippen molar-refractivity contribution >= 4 is 7.92 Å². The van der Waals surface area contributed by atoms with Gasteiger partial charge in [-0.2, -0.15) is 0 Å². The zero-order valence-electron chi connectivity index (χ0n) is 16.3. The second-order valence-electron chi connectivity index (χ2n) is 7.10. The smallest absolute Gasteiger partial charge is 0.0209 e. The van der Waals surface area contributed by atoms with Crippen molar-refractivity contribution in [3.63, 3.8) is 0 Å². The Hall–Kier alpha value is 0.430. The Bertz CT molecular complexity index is 182. The molecule has 0 spiro atoms. The van der Waals surface area contributed by atoms with Crippen molar-refractivity contribution in [1.29, 1.82) is 0 Å². The summed E-state index contributed by atoms with van der Waals surface area (Å²) in [6, 6.07) is 0. The highest BCUT2D eigenvalue weighted by atomic mass is 31.1. The summed E-state index contributed by atoms with van der Waals surface area (Å²) in [5, 5.41) is 0. The van der Waals surface area contributed by atoms with Gasteiger partial charge in [0.1, 0.15) is 0 Å². The van der Waals surface area contributed by atoms with Crippen molar-refractivity contribution in [3.05, 3.63) is 0 Å². The molecule has 0 atom stereocenters. The molecule has 0 radical (unpaired) electrons. The molecule has 0 aromatic heterocycles. The van der Waals surface area contributed by atoms with Gasteiger partial charge < -0.3 is 0 Å². The standard InChI is InChI=1S/C21H45P/c1-5-9-11-13-15-19-22(20-16-14-12-10-6-2)21(17-7-3)18-8-4/h21H,5-20H2,1-4H3. The number of hydrogen-bond acceptors (Lipinski definition) is 0. The lowest BCUT2D eigenvalue weighted by Crippen LogP contribution is -2.10. The lowest BCUT2D eigenvalue weighted by molar-refractivity contribution is 0.635. The van der Waals surface area contributed by atoms with Crippen LogP contribution in [0.4, 0.5) is 0 Å². The van der Waals surface area contributed by atoms with Crippen molar-refractivity contribution in [1.82, 2.24) is 0 Å². The van der Waals surface area contributed by atoms with Crippen LogP contribution in [-0.4, -0.2) is 18.0 Å². The van der Waals surface area contributed by atoms with Gasteiger partial charge >= 0.3 is 0 Å². The van der Waals surface area contributed by atoms with Gasteiger partial charge in [0.25, 0.3) is 0 Å². The third kappa shape index (κ3) is 12.9. The summed E-state index contributed by atoms with van der Waals surface area (Å²) in [5.74, 6) is 0. The molecule has 0 nitrogen and oxygen atoms in total. The Morgan fingerprint density at radius 2 is 0.909 bits per heavy atom. The molecule has 0 rings (SSSR count). The minimum absolute atomic E-state index is 0.322. The molecule has 0 amide bonds. The topological polar surface area (TPSA) is 0 Å². The molecule has 0 saturated heterocycles. The van der Waals surface area contributed by atoms with Gasteiger partial charge in [-0.25, -0.2) is 0 Å². The summed E-state index contributed by atoms with van der Waals surface area (Å²) in [6.45, 7) is 9.42. The van der Waals surface area contributed by atoms with E-state index < -0.39 is 0 Å². The van der Waals surface area contributed by atoms with E-state index in [1.165, 1.54) is 89.9 Å². The van der Waals surface area contributed by atoms with E-state index in [9.17, 15) is 0 Å². The Balaban J connectivity index is 4.14. The van der Waals surface area contributed by atoms with E-state index in [2.05, 4.69) is 27.7 Å². The predicted octanol–water partition coefficient (Wildman–Crippen LogP) is 8.38. The van der Waals surface area contributed by atoms with Crippen molar-refractivity contribution in [2.45, 2.75) is 123 Å². The van der Waals surface area contributed by atoms with Gasteiger partial charge in [0.2, 0.25) is 0 Å². The summed E-state index contributed by atoms with van der Waals surface area (Å²) >= 11 is 0. The average Bonchev–Trinajstić information content (AvgIpc) is 2.52. The molecule has 0 fully saturated rings. The summed E-state index contributed by atoms with van der Waals surface area (Å²) in [5.41, 5.74) is 1.09. The van der Waals surface area contributed by atoms with Gasteiger partial charge in [-0.15, -0.1) is 7.92 Å². The Morgan fingerprint density at radius 3 is 1.27 bits per heavy atom. The quantitative estimate of drug-likeness (QED) is 0.186. The van der Waals surface area contributed by atoms with E-state index in [0.29, 0.717) is 7.92 Å². The highest BCUT2D eigenvalue weighted by Gasteiger charge is 2.18. The summed E-state index contributed by atoms with van der Waals surface area (Å²) in [6.07, 6.45) is 23.6. The molecule has 0 N–H and O–H groups in total. The molecule has 1 heteroatoms. The minimum atomic E-state index is 0.322. The van der Waals surface area contributed by atoms with Crippen LogP contribution in [0.1, 0.15) is 118 Å². The second-order valence-corrected chi connectivity index (χ2v) is 9.90. The Kier molecular flexibility index (Phi) is 18.1. The third-order valence-corrected chi connectivity index (χ3v) is 8.19. The van der Waals surface area contributed by atoms with Crippen LogP contribution >= 0.6 is 7.92 Å². The van der Waals surface area contributed by atoms with E-state index >= 15 is 0 Å². The lowest BCUT2D eigenvalue weighted by Gasteiger charge is -2.28. The Labute approximate surface area is 144 Å². The zero-order chi connectivity index (χ0) is 16.5. The highest BCUT2D eigenvalue weighted by molar-refractivity contribution is 7.58. The molecule has 22 heavy (non-hydrogen) atoms. The largest absolute Gasteiger partial charge is 0.104 e. The van der Waals surface area contributed by atoms with Gasteiger partial charge in [0.05, 0.1) is 0 Å². The molecule has 0 aromatic rings. The van der Waals surface area contributed by atoms with Crippen LogP contribution in [0.2, 0.25) is 0 Å². The molecule has 0 heterocycles. The highest BCUT2D eigenvalue weighted by Crippen LogP contribution is 2.47. The maximum absolute atomic E-state index is 2.39. The van der Waals surface area contributed by atoms with E-state index in [-0.39, 0.29) is 0 Å². The third-order valence-electron chi connectivity index (χ3n) is 4.86. The van der Waals surface area contributed by atoms with Crippen LogP contribution < -0.4 is 0 Å². The summed E-state index contributed by atoms with van der Waals surface area (Å²) in [7, 11) is 0.322. The number of unbranched alkanes of at least 4 members (excludes halogenated alkanes) is 8. The van der Waals surface area contributed by atoms with E-state index in [0.717, 1.165) is 5.66 Å².